The van der Waals surface area contributed by atoms with Gasteiger partial charge in [0.1, 0.15) is 11.6 Å². The molecule has 0 saturated heterocycles. The van der Waals surface area contributed by atoms with E-state index >= 15 is 0 Å². The minimum atomic E-state index is -4.71. The molecule has 1 atom stereocenters. The standard InChI is InChI=1S/C23H25F4NO5/c1-4-32-19(20(29)30)11-14-5-7-18(8-6-14)33-22(2,3)21(31)28-13-15-9-16(23(25,26)27)12-17(24)10-15/h5-10,12,19H,4,11,13H2,1-3H3,(H,28,31)(H,29,30)/t19-/m0/s1. The van der Waals surface area contributed by atoms with Crippen molar-refractivity contribution >= 4 is 11.9 Å². The molecule has 0 spiro atoms. The van der Waals surface area contributed by atoms with Crippen LogP contribution in [0.15, 0.2) is 42.5 Å². The van der Waals surface area contributed by atoms with Gasteiger partial charge < -0.3 is 19.9 Å². The highest BCUT2D eigenvalue weighted by atomic mass is 19.4. The second-order valence-electron chi connectivity index (χ2n) is 7.77. The zero-order valence-electron chi connectivity index (χ0n) is 18.3. The van der Waals surface area contributed by atoms with Crippen molar-refractivity contribution in [3.05, 3.63) is 65.0 Å². The first-order valence-electron chi connectivity index (χ1n) is 10.1. The predicted octanol–water partition coefficient (Wildman–Crippen LogP) is 4.35. The van der Waals surface area contributed by atoms with Gasteiger partial charge in [-0.1, -0.05) is 12.1 Å². The smallest absolute Gasteiger partial charge is 0.416 e. The Hall–Kier alpha value is -3.14. The van der Waals surface area contributed by atoms with Crippen molar-refractivity contribution in [1.82, 2.24) is 5.32 Å². The Bertz CT molecular complexity index is 974. The maximum absolute atomic E-state index is 13.5. The summed E-state index contributed by atoms with van der Waals surface area (Å²) in [6.45, 7) is 4.58. The Morgan fingerprint density at radius 3 is 2.24 bits per heavy atom. The number of nitrogens with one attached hydrogen (secondary N) is 1. The van der Waals surface area contributed by atoms with E-state index in [1.54, 1.807) is 31.2 Å². The molecule has 0 aliphatic rings. The number of halogens is 4. The third kappa shape index (κ3) is 7.74. The molecule has 10 heteroatoms. The van der Waals surface area contributed by atoms with Crippen molar-refractivity contribution in [2.45, 2.75) is 51.6 Å². The second-order valence-corrected chi connectivity index (χ2v) is 7.77. The topological polar surface area (TPSA) is 84.9 Å². The van der Waals surface area contributed by atoms with Crippen LogP contribution in [-0.2, 0) is 33.5 Å². The molecule has 0 aromatic heterocycles. The molecule has 0 unspecified atom stereocenters. The van der Waals surface area contributed by atoms with Crippen LogP contribution < -0.4 is 10.1 Å². The van der Waals surface area contributed by atoms with E-state index in [2.05, 4.69) is 5.32 Å². The van der Waals surface area contributed by atoms with E-state index < -0.39 is 41.1 Å². The average molecular weight is 471 g/mol. The number of benzene rings is 2. The summed E-state index contributed by atoms with van der Waals surface area (Å²) in [7, 11) is 0. The SMILES string of the molecule is CCO[C@@H](Cc1ccc(OC(C)(C)C(=O)NCc2cc(F)cc(C(F)(F)F)c2)cc1)C(=O)O. The minimum Gasteiger partial charge on any atom is -0.479 e. The number of hydrogen-bond donors (Lipinski definition) is 2. The second kappa shape index (κ2) is 10.7. The summed E-state index contributed by atoms with van der Waals surface area (Å²) < 4.78 is 62.9. The van der Waals surface area contributed by atoms with Crippen molar-refractivity contribution in [2.75, 3.05) is 6.61 Å². The summed E-state index contributed by atoms with van der Waals surface area (Å²) in [4.78, 5) is 23.7. The van der Waals surface area contributed by atoms with E-state index in [0.717, 1.165) is 12.1 Å². The van der Waals surface area contributed by atoms with Crippen LogP contribution in [0.2, 0.25) is 0 Å². The third-order valence-electron chi connectivity index (χ3n) is 4.65. The van der Waals surface area contributed by atoms with Gasteiger partial charge in [-0.15, -0.1) is 0 Å². The minimum absolute atomic E-state index is 0.0434. The Morgan fingerprint density at radius 2 is 1.70 bits per heavy atom. The van der Waals surface area contributed by atoms with Crippen LogP contribution in [0.1, 0.15) is 37.5 Å². The number of rotatable bonds is 10. The van der Waals surface area contributed by atoms with Gasteiger partial charge >= 0.3 is 12.1 Å². The van der Waals surface area contributed by atoms with Gasteiger partial charge in [0.25, 0.3) is 5.91 Å². The Kier molecular flexibility index (Phi) is 8.43. The van der Waals surface area contributed by atoms with Crippen LogP contribution in [0, 0.1) is 5.82 Å². The fraction of sp³-hybridized carbons (Fsp3) is 0.391. The van der Waals surface area contributed by atoms with Gasteiger partial charge in [-0.3, -0.25) is 4.79 Å². The normalized spacial score (nSPS) is 12.8. The van der Waals surface area contributed by atoms with Crippen LogP contribution in [-0.4, -0.2) is 35.3 Å². The predicted molar refractivity (Wildman–Crippen MR) is 111 cm³/mol. The number of carboxylic acids is 1. The average Bonchev–Trinajstić information content (AvgIpc) is 2.71. The molecule has 6 nitrogen and oxygen atoms in total. The molecular weight excluding hydrogens is 446 g/mol. The molecule has 1 amide bonds. The Balaban J connectivity index is 2.00. The van der Waals surface area contributed by atoms with Gasteiger partial charge in [-0.25, -0.2) is 9.18 Å². The molecule has 0 aliphatic carbocycles. The lowest BCUT2D eigenvalue weighted by atomic mass is 10.1. The van der Waals surface area contributed by atoms with Crippen LogP contribution >= 0.6 is 0 Å². The lowest BCUT2D eigenvalue weighted by Gasteiger charge is -2.25. The van der Waals surface area contributed by atoms with Gasteiger partial charge in [0.05, 0.1) is 5.56 Å². The third-order valence-corrected chi connectivity index (χ3v) is 4.65. The molecule has 2 aromatic rings. The molecule has 2 aromatic carbocycles. The fourth-order valence-electron chi connectivity index (χ4n) is 2.98. The largest absolute Gasteiger partial charge is 0.479 e. The highest BCUT2D eigenvalue weighted by Crippen LogP contribution is 2.30. The molecule has 0 bridgehead atoms. The van der Waals surface area contributed by atoms with Crippen molar-refractivity contribution in [3.63, 3.8) is 0 Å². The van der Waals surface area contributed by atoms with Gasteiger partial charge in [-0.05, 0) is 62.2 Å². The lowest BCUT2D eigenvalue weighted by Crippen LogP contribution is -2.46. The van der Waals surface area contributed by atoms with Gasteiger partial charge in [0.2, 0.25) is 0 Å². The molecule has 0 heterocycles. The number of ether oxygens (including phenoxy) is 2. The van der Waals surface area contributed by atoms with E-state index in [9.17, 15) is 27.2 Å². The molecule has 2 N–H and O–H groups in total. The van der Waals surface area contributed by atoms with Gasteiger partial charge in [0.15, 0.2) is 11.7 Å². The number of carbonyl (C=O) groups is 2. The van der Waals surface area contributed by atoms with Crippen LogP contribution in [0.3, 0.4) is 0 Å². The molecule has 180 valence electrons. The lowest BCUT2D eigenvalue weighted by molar-refractivity contribution is -0.150. The van der Waals surface area contributed by atoms with Crippen LogP contribution in [0.5, 0.6) is 5.75 Å². The summed E-state index contributed by atoms with van der Waals surface area (Å²) in [6, 6.07) is 8.48. The van der Waals surface area contributed by atoms with Crippen molar-refractivity contribution in [1.29, 1.82) is 0 Å². The summed E-state index contributed by atoms with van der Waals surface area (Å²) in [5.41, 5.74) is -1.89. The number of amides is 1. The van der Waals surface area contributed by atoms with E-state index in [0.29, 0.717) is 17.4 Å². The summed E-state index contributed by atoms with van der Waals surface area (Å²) in [6.07, 6.45) is -5.53. The van der Waals surface area contributed by atoms with Crippen molar-refractivity contribution < 1.29 is 41.7 Å². The first kappa shape index (κ1) is 26.1. The first-order chi connectivity index (χ1) is 15.3. The van der Waals surface area contributed by atoms with E-state index in [-0.39, 0.29) is 25.1 Å². The highest BCUT2D eigenvalue weighted by molar-refractivity contribution is 5.84. The molecule has 0 radical (unpaired) electrons. The molecule has 2 rings (SSSR count). The zero-order valence-corrected chi connectivity index (χ0v) is 18.3. The number of alkyl halides is 3. The zero-order chi connectivity index (χ0) is 24.8. The summed E-state index contributed by atoms with van der Waals surface area (Å²) in [5.74, 6) is -2.42. The van der Waals surface area contributed by atoms with E-state index in [4.69, 9.17) is 14.6 Å². The van der Waals surface area contributed by atoms with Gasteiger partial charge in [-0.2, -0.15) is 13.2 Å². The van der Waals surface area contributed by atoms with Crippen molar-refractivity contribution in [3.8, 4) is 5.75 Å². The maximum atomic E-state index is 13.5. The molecule has 0 fully saturated rings. The Labute approximate surface area is 188 Å². The first-order valence-corrected chi connectivity index (χ1v) is 10.1. The van der Waals surface area contributed by atoms with E-state index in [1.807, 2.05) is 0 Å². The molecule has 0 aliphatic heterocycles. The fourth-order valence-corrected chi connectivity index (χ4v) is 2.98. The summed E-state index contributed by atoms with van der Waals surface area (Å²) >= 11 is 0. The highest BCUT2D eigenvalue weighted by Gasteiger charge is 2.32. The number of carboxylic acid groups (broad SMARTS) is 1. The number of hydrogen-bond acceptors (Lipinski definition) is 4. The molecule has 33 heavy (non-hydrogen) atoms. The van der Waals surface area contributed by atoms with Crippen molar-refractivity contribution in [2.24, 2.45) is 0 Å². The number of carbonyl (C=O) groups excluding carboxylic acids is 1. The quantitative estimate of drug-likeness (QED) is 0.504. The van der Waals surface area contributed by atoms with E-state index in [1.165, 1.54) is 13.8 Å². The van der Waals surface area contributed by atoms with Crippen LogP contribution in [0.25, 0.3) is 0 Å². The summed E-state index contributed by atoms with van der Waals surface area (Å²) in [5, 5.41) is 11.6. The molecular formula is C23H25F4NO5. The van der Waals surface area contributed by atoms with Crippen LogP contribution in [0.4, 0.5) is 17.6 Å². The monoisotopic (exact) mass is 471 g/mol. The maximum Gasteiger partial charge on any atom is 0.416 e. The Morgan fingerprint density at radius 1 is 1.06 bits per heavy atom. The molecule has 0 saturated carbocycles. The number of aliphatic carboxylic acids is 1. The van der Waals surface area contributed by atoms with Gasteiger partial charge in [0, 0.05) is 19.6 Å².